The molecule has 84 valence electrons. The van der Waals surface area contributed by atoms with Gasteiger partial charge in [-0.25, -0.2) is 0 Å². The van der Waals surface area contributed by atoms with Crippen LogP contribution in [0.5, 0.6) is 0 Å². The third-order valence-corrected chi connectivity index (χ3v) is 3.87. The first-order valence-corrected chi connectivity index (χ1v) is 6.19. The summed E-state index contributed by atoms with van der Waals surface area (Å²) in [5, 5.41) is 5.17. The van der Waals surface area contributed by atoms with E-state index in [-0.39, 0.29) is 5.41 Å². The van der Waals surface area contributed by atoms with Crippen LogP contribution in [0, 0.1) is 0 Å². The van der Waals surface area contributed by atoms with Crippen molar-refractivity contribution in [3.05, 3.63) is 16.4 Å². The quantitative estimate of drug-likeness (QED) is 0.754. The first-order valence-electron chi connectivity index (χ1n) is 5.82. The summed E-state index contributed by atoms with van der Waals surface area (Å²) >= 11 is 6.27. The van der Waals surface area contributed by atoms with Gasteiger partial charge in [0.1, 0.15) is 0 Å². The zero-order chi connectivity index (χ0) is 11.1. The van der Waals surface area contributed by atoms with Crippen molar-refractivity contribution in [2.75, 3.05) is 0 Å². The van der Waals surface area contributed by atoms with Crippen molar-refractivity contribution in [1.82, 2.24) is 9.78 Å². The Kier molecular flexibility index (Phi) is 2.80. The van der Waals surface area contributed by atoms with Gasteiger partial charge in [0.25, 0.3) is 0 Å². The summed E-state index contributed by atoms with van der Waals surface area (Å²) in [6, 6.07) is 0. The Morgan fingerprint density at radius 1 is 1.40 bits per heavy atom. The molecule has 1 aromatic rings. The van der Waals surface area contributed by atoms with Crippen molar-refractivity contribution in [1.29, 1.82) is 0 Å². The van der Waals surface area contributed by atoms with E-state index in [4.69, 9.17) is 11.6 Å². The Labute approximate surface area is 96.6 Å². The molecule has 0 bridgehead atoms. The largest absolute Gasteiger partial charge is 0.268 e. The first kappa shape index (κ1) is 11.0. The summed E-state index contributed by atoms with van der Waals surface area (Å²) < 4.78 is 2.11. The van der Waals surface area contributed by atoms with Crippen LogP contribution >= 0.6 is 11.6 Å². The summed E-state index contributed by atoms with van der Waals surface area (Å²) in [6.07, 6.45) is 4.75. The average molecular weight is 227 g/mol. The predicted molar refractivity (Wildman–Crippen MR) is 63.5 cm³/mol. The zero-order valence-corrected chi connectivity index (χ0v) is 10.6. The molecule has 0 radical (unpaired) electrons. The Morgan fingerprint density at radius 3 is 2.80 bits per heavy atom. The molecule has 2 rings (SSSR count). The molecular weight excluding hydrogens is 208 g/mol. The second kappa shape index (κ2) is 3.82. The van der Waals surface area contributed by atoms with Gasteiger partial charge in [-0.1, -0.05) is 32.4 Å². The highest BCUT2D eigenvalue weighted by molar-refractivity contribution is 6.30. The van der Waals surface area contributed by atoms with Gasteiger partial charge in [-0.3, -0.25) is 4.68 Å². The van der Waals surface area contributed by atoms with Crippen molar-refractivity contribution in [2.45, 2.75) is 58.4 Å². The molecule has 1 aromatic heterocycles. The molecule has 3 heteroatoms. The molecule has 1 aliphatic heterocycles. The second-order valence-electron chi connectivity index (χ2n) is 5.03. The maximum absolute atomic E-state index is 6.27. The van der Waals surface area contributed by atoms with Crippen molar-refractivity contribution in [2.24, 2.45) is 0 Å². The number of halogens is 1. The van der Waals surface area contributed by atoms with Crippen molar-refractivity contribution in [3.63, 3.8) is 0 Å². The SMILES string of the molecule is CCC(C)(C)c1c(Cl)nn2c1CCCC2. The lowest BCUT2D eigenvalue weighted by atomic mass is 9.81. The molecule has 0 aromatic carbocycles. The topological polar surface area (TPSA) is 17.8 Å². The third kappa shape index (κ3) is 1.80. The van der Waals surface area contributed by atoms with Gasteiger partial charge in [0, 0.05) is 17.8 Å². The normalized spacial score (nSPS) is 16.5. The molecule has 0 aliphatic carbocycles. The van der Waals surface area contributed by atoms with E-state index in [1.165, 1.54) is 24.1 Å². The molecule has 2 heterocycles. The summed E-state index contributed by atoms with van der Waals surface area (Å²) in [5.74, 6) is 0. The Hall–Kier alpha value is -0.500. The molecule has 1 aliphatic rings. The Bertz CT molecular complexity index is 366. The maximum Gasteiger partial charge on any atom is 0.155 e. The number of nitrogens with zero attached hydrogens (tertiary/aromatic N) is 2. The van der Waals surface area contributed by atoms with Gasteiger partial charge in [0.15, 0.2) is 5.15 Å². The predicted octanol–water partition coefficient (Wildman–Crippen LogP) is 3.56. The molecule has 0 saturated carbocycles. The van der Waals surface area contributed by atoms with Crippen LogP contribution in [0.25, 0.3) is 0 Å². The fourth-order valence-corrected chi connectivity index (χ4v) is 2.76. The summed E-state index contributed by atoms with van der Waals surface area (Å²) in [7, 11) is 0. The highest BCUT2D eigenvalue weighted by atomic mass is 35.5. The van der Waals surface area contributed by atoms with Gasteiger partial charge >= 0.3 is 0 Å². The molecule has 0 atom stereocenters. The van der Waals surface area contributed by atoms with E-state index in [0.717, 1.165) is 24.5 Å². The number of fused-ring (bicyclic) bond motifs is 1. The van der Waals surface area contributed by atoms with E-state index in [2.05, 4.69) is 30.6 Å². The Morgan fingerprint density at radius 2 is 2.13 bits per heavy atom. The molecule has 0 unspecified atom stereocenters. The van der Waals surface area contributed by atoms with E-state index in [0.29, 0.717) is 0 Å². The van der Waals surface area contributed by atoms with E-state index in [1.807, 2.05) is 0 Å². The second-order valence-corrected chi connectivity index (χ2v) is 5.39. The molecule has 0 amide bonds. The third-order valence-electron chi connectivity index (χ3n) is 3.61. The molecule has 0 N–H and O–H groups in total. The van der Waals surface area contributed by atoms with Gasteiger partial charge in [-0.15, -0.1) is 0 Å². The minimum absolute atomic E-state index is 0.155. The van der Waals surface area contributed by atoms with Crippen molar-refractivity contribution >= 4 is 11.6 Å². The van der Waals surface area contributed by atoms with E-state index < -0.39 is 0 Å². The van der Waals surface area contributed by atoms with Crippen LogP contribution in [-0.4, -0.2) is 9.78 Å². The lowest BCUT2D eigenvalue weighted by Crippen LogP contribution is -2.20. The van der Waals surface area contributed by atoms with E-state index in [1.54, 1.807) is 0 Å². The first-order chi connectivity index (χ1) is 7.06. The van der Waals surface area contributed by atoms with Gasteiger partial charge in [0.05, 0.1) is 0 Å². The smallest absolute Gasteiger partial charge is 0.155 e. The molecule has 0 saturated heterocycles. The number of aromatic nitrogens is 2. The summed E-state index contributed by atoms with van der Waals surface area (Å²) in [4.78, 5) is 0. The zero-order valence-electron chi connectivity index (χ0n) is 9.81. The van der Waals surface area contributed by atoms with Crippen molar-refractivity contribution in [3.8, 4) is 0 Å². The highest BCUT2D eigenvalue weighted by Crippen LogP contribution is 2.36. The molecular formula is C12H19ClN2. The van der Waals surface area contributed by atoms with Gasteiger partial charge in [-0.2, -0.15) is 5.10 Å². The molecule has 0 spiro atoms. The number of rotatable bonds is 2. The minimum atomic E-state index is 0.155. The molecule has 2 nitrogen and oxygen atoms in total. The fourth-order valence-electron chi connectivity index (χ4n) is 2.30. The molecule has 0 fully saturated rings. The van der Waals surface area contributed by atoms with Crippen LogP contribution < -0.4 is 0 Å². The van der Waals surface area contributed by atoms with Gasteiger partial charge in [-0.05, 0) is 31.1 Å². The lowest BCUT2D eigenvalue weighted by molar-refractivity contribution is 0.461. The lowest BCUT2D eigenvalue weighted by Gasteiger charge is -2.25. The van der Waals surface area contributed by atoms with Crippen LogP contribution in [0.2, 0.25) is 5.15 Å². The number of hydrogen-bond donors (Lipinski definition) is 0. The highest BCUT2D eigenvalue weighted by Gasteiger charge is 2.29. The van der Waals surface area contributed by atoms with Crippen molar-refractivity contribution < 1.29 is 0 Å². The van der Waals surface area contributed by atoms with Crippen LogP contribution in [0.1, 0.15) is 51.3 Å². The summed E-state index contributed by atoms with van der Waals surface area (Å²) in [5.41, 5.74) is 2.81. The standard InChI is InChI=1S/C12H19ClN2/c1-4-12(2,3)10-9-7-5-6-8-15(9)14-11(10)13/h4-8H2,1-3H3. The van der Waals surface area contributed by atoms with Crippen LogP contribution in [0.4, 0.5) is 0 Å². The molecule has 15 heavy (non-hydrogen) atoms. The van der Waals surface area contributed by atoms with Crippen LogP contribution in [0.15, 0.2) is 0 Å². The summed E-state index contributed by atoms with van der Waals surface area (Å²) in [6.45, 7) is 7.76. The number of hydrogen-bond acceptors (Lipinski definition) is 1. The van der Waals surface area contributed by atoms with Crippen LogP contribution in [-0.2, 0) is 18.4 Å². The van der Waals surface area contributed by atoms with Crippen LogP contribution in [0.3, 0.4) is 0 Å². The van der Waals surface area contributed by atoms with Gasteiger partial charge in [0.2, 0.25) is 0 Å². The number of aryl methyl sites for hydroxylation is 1. The minimum Gasteiger partial charge on any atom is -0.268 e. The van der Waals surface area contributed by atoms with Gasteiger partial charge < -0.3 is 0 Å². The fraction of sp³-hybridized carbons (Fsp3) is 0.750. The van der Waals surface area contributed by atoms with E-state index >= 15 is 0 Å². The average Bonchev–Trinajstić information content (AvgIpc) is 2.54. The monoisotopic (exact) mass is 226 g/mol. The van der Waals surface area contributed by atoms with E-state index in [9.17, 15) is 0 Å². The maximum atomic E-state index is 6.27. The Balaban J connectivity index is 2.51.